The van der Waals surface area contributed by atoms with Crippen LogP contribution in [0.5, 0.6) is 0 Å². The number of benzene rings is 2. The second kappa shape index (κ2) is 6.54. The van der Waals surface area contributed by atoms with E-state index in [0.29, 0.717) is 32.0 Å². The van der Waals surface area contributed by atoms with E-state index in [2.05, 4.69) is 10.7 Å². The molecule has 4 N–H and O–H groups in total. The zero-order valence-corrected chi connectivity index (χ0v) is 13.3. The highest BCUT2D eigenvalue weighted by Gasteiger charge is 2.16. The summed E-state index contributed by atoms with van der Waals surface area (Å²) in [7, 11) is 0. The largest absolute Gasteiger partial charge is 0.323 e. The number of hydrogen-bond donors (Lipinski definition) is 3. The topological polar surface area (TPSA) is 67.2 Å². The van der Waals surface area contributed by atoms with Gasteiger partial charge in [0.2, 0.25) is 0 Å². The van der Waals surface area contributed by atoms with Crippen LogP contribution >= 0.6 is 34.8 Å². The Balaban J connectivity index is 2.39. The molecule has 0 fully saturated rings. The summed E-state index contributed by atoms with van der Waals surface area (Å²) < 4.78 is 0. The van der Waals surface area contributed by atoms with Crippen LogP contribution in [-0.2, 0) is 0 Å². The first-order valence-electron chi connectivity index (χ1n) is 5.96. The van der Waals surface area contributed by atoms with Crippen molar-refractivity contribution in [2.45, 2.75) is 6.92 Å². The van der Waals surface area contributed by atoms with Crippen LogP contribution in [0.2, 0.25) is 15.1 Å². The maximum Gasteiger partial charge on any atom is 0.257 e. The Labute approximate surface area is 137 Å². The molecule has 0 aromatic heterocycles. The van der Waals surface area contributed by atoms with Gasteiger partial charge in [0.15, 0.2) is 0 Å². The summed E-state index contributed by atoms with van der Waals surface area (Å²) in [5, 5.41) is 3.84. The highest BCUT2D eigenvalue weighted by molar-refractivity contribution is 6.40. The van der Waals surface area contributed by atoms with E-state index in [1.54, 1.807) is 24.3 Å². The van der Waals surface area contributed by atoms with Crippen LogP contribution in [0.4, 0.5) is 11.4 Å². The van der Waals surface area contributed by atoms with Gasteiger partial charge in [-0.2, -0.15) is 0 Å². The molecular weight excluding hydrogens is 333 g/mol. The number of hydrazine groups is 1. The van der Waals surface area contributed by atoms with E-state index < -0.39 is 5.91 Å². The summed E-state index contributed by atoms with van der Waals surface area (Å²) in [5.41, 5.74) is 4.33. The molecule has 21 heavy (non-hydrogen) atoms. The van der Waals surface area contributed by atoms with E-state index in [1.807, 2.05) is 6.92 Å². The lowest BCUT2D eigenvalue weighted by Crippen LogP contribution is -2.17. The fourth-order valence-corrected chi connectivity index (χ4v) is 2.42. The van der Waals surface area contributed by atoms with Gasteiger partial charge >= 0.3 is 0 Å². The number of nitrogen functional groups attached to an aromatic ring is 1. The minimum atomic E-state index is -0.417. The molecule has 7 heteroatoms. The molecule has 1 amide bonds. The standard InChI is InChI=1S/C14H12Cl3N3O/c1-7-2-4-10(16)13(12(7)17)19-14(21)9-6-8(15)3-5-11(9)20-18/h2-6,20H,18H2,1H3,(H,19,21). The molecule has 0 aliphatic carbocycles. The molecule has 0 aliphatic rings. The van der Waals surface area contributed by atoms with Crippen molar-refractivity contribution in [3.63, 3.8) is 0 Å². The molecule has 0 bridgehead atoms. The molecule has 0 atom stereocenters. The second-order valence-corrected chi connectivity index (χ2v) is 5.56. The van der Waals surface area contributed by atoms with E-state index in [0.717, 1.165) is 5.56 Å². The lowest BCUT2D eigenvalue weighted by atomic mass is 10.1. The van der Waals surface area contributed by atoms with Gasteiger partial charge in [-0.05, 0) is 36.8 Å². The fraction of sp³-hybridized carbons (Fsp3) is 0.0714. The van der Waals surface area contributed by atoms with Crippen molar-refractivity contribution >= 4 is 52.1 Å². The Morgan fingerprint density at radius 2 is 1.86 bits per heavy atom. The lowest BCUT2D eigenvalue weighted by molar-refractivity contribution is 0.102. The van der Waals surface area contributed by atoms with E-state index >= 15 is 0 Å². The second-order valence-electron chi connectivity index (χ2n) is 4.34. The highest BCUT2D eigenvalue weighted by Crippen LogP contribution is 2.33. The van der Waals surface area contributed by atoms with Gasteiger partial charge in [0.1, 0.15) is 0 Å². The Bertz CT molecular complexity index is 704. The Morgan fingerprint density at radius 1 is 1.14 bits per heavy atom. The van der Waals surface area contributed by atoms with E-state index in [1.165, 1.54) is 6.07 Å². The molecular formula is C14H12Cl3N3O. The summed E-state index contributed by atoms with van der Waals surface area (Å²) in [6, 6.07) is 8.17. The van der Waals surface area contributed by atoms with Crippen LogP contribution in [0.3, 0.4) is 0 Å². The number of nitrogens with two attached hydrogens (primary N) is 1. The minimum absolute atomic E-state index is 0.290. The molecule has 2 rings (SSSR count). The van der Waals surface area contributed by atoms with E-state index in [4.69, 9.17) is 40.6 Å². The van der Waals surface area contributed by atoms with Crippen molar-refractivity contribution in [2.75, 3.05) is 10.7 Å². The number of amides is 1. The third-order valence-corrected chi connectivity index (χ3v) is 3.94. The molecule has 4 nitrogen and oxygen atoms in total. The van der Waals surface area contributed by atoms with Crippen LogP contribution in [0, 0.1) is 6.92 Å². The maximum absolute atomic E-state index is 12.4. The lowest BCUT2D eigenvalue weighted by Gasteiger charge is -2.13. The third kappa shape index (κ3) is 3.41. The van der Waals surface area contributed by atoms with Gasteiger partial charge in [0.05, 0.1) is 27.0 Å². The van der Waals surface area contributed by atoms with Crippen molar-refractivity contribution in [1.29, 1.82) is 0 Å². The molecule has 0 heterocycles. The van der Waals surface area contributed by atoms with Crippen LogP contribution < -0.4 is 16.6 Å². The molecule has 2 aromatic carbocycles. The first-order valence-corrected chi connectivity index (χ1v) is 7.09. The van der Waals surface area contributed by atoms with Crippen LogP contribution in [0.25, 0.3) is 0 Å². The van der Waals surface area contributed by atoms with Crippen molar-refractivity contribution in [2.24, 2.45) is 5.84 Å². The van der Waals surface area contributed by atoms with Gasteiger partial charge in [-0.3, -0.25) is 10.6 Å². The van der Waals surface area contributed by atoms with Crippen molar-refractivity contribution < 1.29 is 4.79 Å². The first kappa shape index (κ1) is 15.9. The minimum Gasteiger partial charge on any atom is -0.323 e. The Kier molecular flexibility index (Phi) is 4.96. The van der Waals surface area contributed by atoms with Crippen molar-refractivity contribution in [1.82, 2.24) is 0 Å². The quantitative estimate of drug-likeness (QED) is 0.567. The van der Waals surface area contributed by atoms with Crippen LogP contribution in [-0.4, -0.2) is 5.91 Å². The van der Waals surface area contributed by atoms with E-state index in [-0.39, 0.29) is 0 Å². The number of rotatable bonds is 3. The monoisotopic (exact) mass is 343 g/mol. The molecule has 0 radical (unpaired) electrons. The number of halogens is 3. The predicted octanol–water partition coefficient (Wildman–Crippen LogP) is 4.49. The average molecular weight is 345 g/mol. The SMILES string of the molecule is Cc1ccc(Cl)c(NC(=O)c2cc(Cl)ccc2NN)c1Cl. The average Bonchev–Trinajstić information content (AvgIpc) is 2.47. The summed E-state index contributed by atoms with van der Waals surface area (Å²) in [4.78, 5) is 12.4. The number of aryl methyl sites for hydroxylation is 1. The summed E-state index contributed by atoms with van der Waals surface area (Å²) in [5.74, 6) is 4.97. The third-order valence-electron chi connectivity index (χ3n) is 2.90. The predicted molar refractivity (Wildman–Crippen MR) is 88.4 cm³/mol. The molecule has 110 valence electrons. The zero-order chi connectivity index (χ0) is 15.6. The fourth-order valence-electron chi connectivity index (χ4n) is 1.78. The van der Waals surface area contributed by atoms with Gasteiger partial charge in [0.25, 0.3) is 5.91 Å². The van der Waals surface area contributed by atoms with Gasteiger partial charge < -0.3 is 10.7 Å². The molecule has 0 aliphatic heterocycles. The van der Waals surface area contributed by atoms with Gasteiger partial charge in [-0.1, -0.05) is 40.9 Å². The van der Waals surface area contributed by atoms with Gasteiger partial charge in [-0.25, -0.2) is 0 Å². The number of anilines is 2. The summed E-state index contributed by atoms with van der Waals surface area (Å²) in [6.07, 6.45) is 0. The highest BCUT2D eigenvalue weighted by atomic mass is 35.5. The number of nitrogens with one attached hydrogen (secondary N) is 2. The number of carbonyl (C=O) groups is 1. The zero-order valence-electron chi connectivity index (χ0n) is 11.0. The molecule has 0 unspecified atom stereocenters. The Morgan fingerprint density at radius 3 is 2.52 bits per heavy atom. The normalized spacial score (nSPS) is 10.3. The molecule has 2 aromatic rings. The van der Waals surface area contributed by atoms with Gasteiger partial charge in [0, 0.05) is 5.02 Å². The van der Waals surface area contributed by atoms with Gasteiger partial charge in [-0.15, -0.1) is 0 Å². The molecule has 0 spiro atoms. The Hall–Kier alpha value is -1.46. The summed E-state index contributed by atoms with van der Waals surface area (Å²) in [6.45, 7) is 1.82. The van der Waals surface area contributed by atoms with Crippen LogP contribution in [0.1, 0.15) is 15.9 Å². The van der Waals surface area contributed by atoms with Crippen molar-refractivity contribution in [3.05, 3.63) is 56.5 Å². The van der Waals surface area contributed by atoms with E-state index in [9.17, 15) is 4.79 Å². The maximum atomic E-state index is 12.4. The summed E-state index contributed by atoms with van der Waals surface area (Å²) >= 11 is 18.1. The van der Waals surface area contributed by atoms with Crippen molar-refractivity contribution in [3.8, 4) is 0 Å². The van der Waals surface area contributed by atoms with Crippen LogP contribution in [0.15, 0.2) is 30.3 Å². The number of carbonyl (C=O) groups excluding carboxylic acids is 1. The number of hydrogen-bond acceptors (Lipinski definition) is 3. The molecule has 0 saturated carbocycles. The first-order chi connectivity index (χ1) is 9.93. The smallest absolute Gasteiger partial charge is 0.257 e. The molecule has 0 saturated heterocycles.